The van der Waals surface area contributed by atoms with Crippen LogP contribution in [0.25, 0.3) is 10.9 Å². The highest BCUT2D eigenvalue weighted by Gasteiger charge is 2.24. The van der Waals surface area contributed by atoms with Crippen molar-refractivity contribution in [2.45, 2.75) is 65.0 Å². The van der Waals surface area contributed by atoms with Crippen molar-refractivity contribution in [2.24, 2.45) is 7.05 Å². The van der Waals surface area contributed by atoms with E-state index in [0.717, 1.165) is 17.3 Å². The van der Waals surface area contributed by atoms with Crippen LogP contribution >= 0.6 is 12.2 Å². The lowest BCUT2D eigenvalue weighted by Crippen LogP contribution is -2.42. The first-order valence-electron chi connectivity index (χ1n) is 11.2. The van der Waals surface area contributed by atoms with Gasteiger partial charge in [0.2, 0.25) is 0 Å². The Bertz CT molecular complexity index is 1010. The van der Waals surface area contributed by atoms with E-state index in [0.29, 0.717) is 6.04 Å². The van der Waals surface area contributed by atoms with Gasteiger partial charge in [0.25, 0.3) is 0 Å². The highest BCUT2D eigenvalue weighted by molar-refractivity contribution is 7.80. The maximum atomic E-state index is 6.04. The third-order valence-corrected chi connectivity index (χ3v) is 6.90. The van der Waals surface area contributed by atoms with Crippen molar-refractivity contribution in [3.8, 4) is 0 Å². The van der Waals surface area contributed by atoms with Crippen LogP contribution < -0.4 is 5.32 Å². The second-order valence-electron chi connectivity index (χ2n) is 8.75. The minimum atomic E-state index is 0.496. The molecule has 4 rings (SSSR count). The molecule has 0 radical (unpaired) electrons. The van der Waals surface area contributed by atoms with Crippen molar-refractivity contribution in [2.75, 3.05) is 5.32 Å². The standard InChI is InChI=1S/C26H33N3S/c1-19-11-10-12-20(2)25(19)27-26(30)29(22-13-6-4-5-7-14-22)18-21-17-28(3)24-16-9-8-15-23(21)24/h8-12,15-17,22H,4-7,13-14,18H2,1-3H3,(H,27,30). The van der Waals surface area contributed by atoms with Crippen molar-refractivity contribution in [3.05, 3.63) is 65.4 Å². The van der Waals surface area contributed by atoms with Gasteiger partial charge < -0.3 is 14.8 Å². The molecular formula is C26H33N3S. The summed E-state index contributed by atoms with van der Waals surface area (Å²) in [6.07, 6.45) is 9.99. The Labute approximate surface area is 186 Å². The summed E-state index contributed by atoms with van der Waals surface area (Å²) in [7, 11) is 2.13. The zero-order valence-corrected chi connectivity index (χ0v) is 19.3. The zero-order chi connectivity index (χ0) is 21.1. The zero-order valence-electron chi connectivity index (χ0n) is 18.4. The molecule has 1 aromatic heterocycles. The number of aryl methyl sites for hydroxylation is 3. The first kappa shape index (κ1) is 20.9. The van der Waals surface area contributed by atoms with Crippen molar-refractivity contribution in [3.63, 3.8) is 0 Å². The summed E-state index contributed by atoms with van der Waals surface area (Å²) in [6.45, 7) is 5.15. The fraction of sp³-hybridized carbons (Fsp3) is 0.423. The Hall–Kier alpha value is -2.33. The lowest BCUT2D eigenvalue weighted by atomic mass is 10.1. The molecule has 3 nitrogen and oxygen atoms in total. The molecule has 0 bridgehead atoms. The Morgan fingerprint density at radius 3 is 2.37 bits per heavy atom. The van der Waals surface area contributed by atoms with Gasteiger partial charge in [0, 0.05) is 42.4 Å². The van der Waals surface area contributed by atoms with Crippen LogP contribution in [0.1, 0.15) is 55.2 Å². The van der Waals surface area contributed by atoms with Crippen LogP contribution in [-0.2, 0) is 13.6 Å². The van der Waals surface area contributed by atoms with Gasteiger partial charge in [-0.1, -0.05) is 62.1 Å². The van der Waals surface area contributed by atoms with E-state index >= 15 is 0 Å². The summed E-state index contributed by atoms with van der Waals surface area (Å²) >= 11 is 6.04. The third kappa shape index (κ3) is 4.39. The minimum Gasteiger partial charge on any atom is -0.350 e. The maximum Gasteiger partial charge on any atom is 0.173 e. The van der Waals surface area contributed by atoms with Crippen LogP contribution in [-0.4, -0.2) is 20.6 Å². The van der Waals surface area contributed by atoms with Gasteiger partial charge in [-0.25, -0.2) is 0 Å². The van der Waals surface area contributed by atoms with Gasteiger partial charge in [-0.05, 0) is 61.7 Å². The van der Waals surface area contributed by atoms with E-state index in [9.17, 15) is 0 Å². The summed E-state index contributed by atoms with van der Waals surface area (Å²) < 4.78 is 2.23. The van der Waals surface area contributed by atoms with Gasteiger partial charge in [0.1, 0.15) is 0 Å². The molecule has 30 heavy (non-hydrogen) atoms. The topological polar surface area (TPSA) is 20.2 Å². The van der Waals surface area contributed by atoms with Gasteiger partial charge in [-0.2, -0.15) is 0 Å². The first-order valence-corrected chi connectivity index (χ1v) is 11.6. The second-order valence-corrected chi connectivity index (χ2v) is 9.14. The normalized spacial score (nSPS) is 15.2. The molecule has 0 atom stereocenters. The lowest BCUT2D eigenvalue weighted by Gasteiger charge is -2.34. The molecule has 1 heterocycles. The number of aromatic nitrogens is 1. The van der Waals surface area contributed by atoms with E-state index in [2.05, 4.69) is 84.3 Å². The van der Waals surface area contributed by atoms with Gasteiger partial charge in [0.15, 0.2) is 5.11 Å². The molecule has 0 saturated heterocycles. The highest BCUT2D eigenvalue weighted by atomic mass is 32.1. The number of nitrogens with zero attached hydrogens (tertiary/aromatic N) is 2. The maximum absolute atomic E-state index is 6.04. The largest absolute Gasteiger partial charge is 0.350 e. The molecule has 4 heteroatoms. The van der Waals surface area contributed by atoms with Crippen molar-refractivity contribution in [1.29, 1.82) is 0 Å². The molecule has 2 aromatic carbocycles. The quantitative estimate of drug-likeness (QED) is 0.374. The Balaban J connectivity index is 1.66. The van der Waals surface area contributed by atoms with E-state index in [4.69, 9.17) is 12.2 Å². The predicted octanol–water partition coefficient (Wildman–Crippen LogP) is 6.72. The number of hydrogen-bond acceptors (Lipinski definition) is 1. The molecule has 3 aromatic rings. The van der Waals surface area contributed by atoms with Crippen LogP contribution in [0.3, 0.4) is 0 Å². The van der Waals surface area contributed by atoms with Crippen LogP contribution in [0, 0.1) is 13.8 Å². The molecule has 1 N–H and O–H groups in total. The molecule has 1 fully saturated rings. The average molecular weight is 420 g/mol. The van der Waals surface area contributed by atoms with Crippen LogP contribution in [0.15, 0.2) is 48.7 Å². The molecule has 1 aliphatic carbocycles. The highest BCUT2D eigenvalue weighted by Crippen LogP contribution is 2.28. The second kappa shape index (κ2) is 9.22. The van der Waals surface area contributed by atoms with Crippen molar-refractivity contribution in [1.82, 2.24) is 9.47 Å². The monoisotopic (exact) mass is 419 g/mol. The molecule has 1 aliphatic rings. The molecule has 0 aliphatic heterocycles. The number of hydrogen-bond donors (Lipinski definition) is 1. The minimum absolute atomic E-state index is 0.496. The molecule has 1 saturated carbocycles. The van der Waals surface area contributed by atoms with Crippen LogP contribution in [0.2, 0.25) is 0 Å². The molecule has 0 amide bonds. The van der Waals surface area contributed by atoms with Crippen LogP contribution in [0.5, 0.6) is 0 Å². The fourth-order valence-electron chi connectivity index (χ4n) is 4.86. The molecule has 0 unspecified atom stereocenters. The summed E-state index contributed by atoms with van der Waals surface area (Å²) in [5.74, 6) is 0. The third-order valence-electron chi connectivity index (χ3n) is 6.56. The molecule has 0 spiro atoms. The van der Waals surface area contributed by atoms with E-state index in [1.807, 2.05) is 0 Å². The summed E-state index contributed by atoms with van der Waals surface area (Å²) in [5.41, 5.74) is 6.26. The average Bonchev–Trinajstić information content (AvgIpc) is 2.90. The van der Waals surface area contributed by atoms with E-state index < -0.39 is 0 Å². The fourth-order valence-corrected chi connectivity index (χ4v) is 5.18. The number of thiocarbonyl (C=S) groups is 1. The SMILES string of the molecule is Cc1cccc(C)c1NC(=S)N(Cc1cn(C)c2ccccc12)C1CCCCCC1. The van der Waals surface area contributed by atoms with Gasteiger partial charge in [-0.15, -0.1) is 0 Å². The van der Waals surface area contributed by atoms with Gasteiger partial charge in [0.05, 0.1) is 0 Å². The number of anilines is 1. The summed E-state index contributed by atoms with van der Waals surface area (Å²) in [4.78, 5) is 2.47. The van der Waals surface area contributed by atoms with E-state index in [-0.39, 0.29) is 0 Å². The number of benzene rings is 2. The van der Waals surface area contributed by atoms with Crippen molar-refractivity contribution < 1.29 is 0 Å². The predicted molar refractivity (Wildman–Crippen MR) is 132 cm³/mol. The van der Waals surface area contributed by atoms with Crippen molar-refractivity contribution >= 4 is 33.9 Å². The van der Waals surface area contributed by atoms with Crippen LogP contribution in [0.4, 0.5) is 5.69 Å². The van der Waals surface area contributed by atoms with Gasteiger partial charge >= 0.3 is 0 Å². The summed E-state index contributed by atoms with van der Waals surface area (Å²) in [6, 6.07) is 15.6. The first-order chi connectivity index (χ1) is 14.5. The number of para-hydroxylation sites is 2. The molecule has 158 valence electrons. The van der Waals surface area contributed by atoms with E-state index in [1.165, 1.54) is 66.1 Å². The Morgan fingerprint density at radius 2 is 1.67 bits per heavy atom. The lowest BCUT2D eigenvalue weighted by molar-refractivity contribution is 0.281. The Morgan fingerprint density at radius 1 is 1.00 bits per heavy atom. The summed E-state index contributed by atoms with van der Waals surface area (Å²) in [5, 5.41) is 5.80. The van der Waals surface area contributed by atoms with E-state index in [1.54, 1.807) is 0 Å². The smallest absolute Gasteiger partial charge is 0.173 e. The Kier molecular flexibility index (Phi) is 6.43. The number of fused-ring (bicyclic) bond motifs is 1. The molecular weight excluding hydrogens is 386 g/mol. The van der Waals surface area contributed by atoms with Gasteiger partial charge in [-0.3, -0.25) is 0 Å². The number of rotatable bonds is 4. The number of nitrogens with one attached hydrogen (secondary N) is 1.